The Hall–Kier alpha value is -2.24. The van der Waals surface area contributed by atoms with E-state index >= 15 is 0 Å². The molecule has 5 heteroatoms. The third-order valence-electron chi connectivity index (χ3n) is 6.32. The molecule has 0 unspecified atom stereocenters. The molecule has 3 heterocycles. The molecule has 1 aromatic heterocycles. The van der Waals surface area contributed by atoms with Crippen molar-refractivity contribution in [1.29, 1.82) is 0 Å². The summed E-state index contributed by atoms with van der Waals surface area (Å²) in [7, 11) is 0. The Bertz CT molecular complexity index is 793. The summed E-state index contributed by atoms with van der Waals surface area (Å²) >= 11 is 0. The molecule has 3 atom stereocenters. The van der Waals surface area contributed by atoms with Gasteiger partial charge in [0.05, 0.1) is 6.61 Å². The molecular weight excluding hydrogens is 350 g/mol. The molecule has 1 amide bonds. The van der Waals surface area contributed by atoms with Gasteiger partial charge in [0.15, 0.2) is 0 Å². The van der Waals surface area contributed by atoms with E-state index in [0.717, 1.165) is 43.6 Å². The number of aromatic nitrogens is 1. The lowest BCUT2D eigenvalue weighted by Crippen LogP contribution is -2.67. The number of fused-ring (bicyclic) bond motifs is 1. The van der Waals surface area contributed by atoms with Crippen LogP contribution in [0.4, 0.5) is 0 Å². The van der Waals surface area contributed by atoms with Gasteiger partial charge in [-0.15, -0.1) is 0 Å². The van der Waals surface area contributed by atoms with Crippen LogP contribution in [0.1, 0.15) is 37.7 Å². The maximum absolute atomic E-state index is 12.4. The fourth-order valence-corrected chi connectivity index (χ4v) is 4.82. The van der Waals surface area contributed by atoms with Gasteiger partial charge in [-0.2, -0.15) is 0 Å². The number of rotatable bonds is 4. The number of pyridine rings is 1. The summed E-state index contributed by atoms with van der Waals surface area (Å²) in [6.45, 7) is 4.72. The van der Waals surface area contributed by atoms with E-state index in [1.54, 1.807) is 6.20 Å². The van der Waals surface area contributed by atoms with Crippen LogP contribution in [0, 0.1) is 0 Å². The van der Waals surface area contributed by atoms with Gasteiger partial charge < -0.3 is 10.0 Å². The first-order chi connectivity index (χ1) is 13.7. The SMILES string of the molecule is CCC(=O)N1CCCCN2[C@H](CO)[C@H](c3ccc(-c4cccnc4)cc3)[C@H]2C1. The number of hydrogen-bond donors (Lipinski definition) is 1. The summed E-state index contributed by atoms with van der Waals surface area (Å²) in [5.74, 6) is 0.498. The Morgan fingerprint density at radius 1 is 1.14 bits per heavy atom. The molecule has 2 fully saturated rings. The predicted octanol–water partition coefficient (Wildman–Crippen LogP) is 2.91. The molecule has 0 radical (unpaired) electrons. The minimum atomic E-state index is 0.144. The summed E-state index contributed by atoms with van der Waals surface area (Å²) in [4.78, 5) is 21.0. The van der Waals surface area contributed by atoms with Crippen molar-refractivity contribution in [1.82, 2.24) is 14.8 Å². The average molecular weight is 380 g/mol. The van der Waals surface area contributed by atoms with E-state index in [2.05, 4.69) is 40.2 Å². The molecule has 0 bridgehead atoms. The molecule has 4 rings (SSSR count). The van der Waals surface area contributed by atoms with Crippen LogP contribution < -0.4 is 0 Å². The highest BCUT2D eigenvalue weighted by atomic mass is 16.3. The van der Waals surface area contributed by atoms with Crippen LogP contribution in [-0.2, 0) is 4.79 Å². The Morgan fingerprint density at radius 2 is 1.93 bits per heavy atom. The highest BCUT2D eigenvalue weighted by molar-refractivity contribution is 5.76. The van der Waals surface area contributed by atoms with E-state index < -0.39 is 0 Å². The van der Waals surface area contributed by atoms with Crippen LogP contribution in [-0.4, -0.2) is 64.1 Å². The van der Waals surface area contributed by atoms with Crippen molar-refractivity contribution in [2.24, 2.45) is 0 Å². The predicted molar refractivity (Wildman–Crippen MR) is 110 cm³/mol. The molecule has 0 saturated carbocycles. The van der Waals surface area contributed by atoms with Gasteiger partial charge in [-0.1, -0.05) is 37.3 Å². The Kier molecular flexibility index (Phi) is 5.74. The Morgan fingerprint density at radius 3 is 2.61 bits per heavy atom. The fraction of sp³-hybridized carbons (Fsp3) is 0.478. The second kappa shape index (κ2) is 8.41. The zero-order valence-corrected chi connectivity index (χ0v) is 16.5. The highest BCUT2D eigenvalue weighted by Gasteiger charge is 2.49. The highest BCUT2D eigenvalue weighted by Crippen LogP contribution is 2.42. The lowest BCUT2D eigenvalue weighted by atomic mass is 9.74. The van der Waals surface area contributed by atoms with E-state index in [0.29, 0.717) is 6.42 Å². The summed E-state index contributed by atoms with van der Waals surface area (Å²) < 4.78 is 0. The van der Waals surface area contributed by atoms with E-state index in [1.807, 2.05) is 24.1 Å². The zero-order valence-electron chi connectivity index (χ0n) is 16.5. The fourth-order valence-electron chi connectivity index (χ4n) is 4.82. The van der Waals surface area contributed by atoms with Crippen molar-refractivity contribution >= 4 is 5.91 Å². The number of carbonyl (C=O) groups excluding carboxylic acids is 1. The normalized spacial score (nSPS) is 25.4. The Balaban J connectivity index is 1.57. The molecule has 1 N–H and O–H groups in total. The van der Waals surface area contributed by atoms with Crippen molar-refractivity contribution in [3.8, 4) is 11.1 Å². The van der Waals surface area contributed by atoms with Gasteiger partial charge in [0, 0.05) is 49.9 Å². The summed E-state index contributed by atoms with van der Waals surface area (Å²) in [6, 6.07) is 13.1. The molecule has 2 saturated heterocycles. The number of aliphatic hydroxyl groups excluding tert-OH is 1. The molecular formula is C23H29N3O2. The van der Waals surface area contributed by atoms with Crippen molar-refractivity contribution in [2.45, 2.75) is 44.2 Å². The lowest BCUT2D eigenvalue weighted by molar-refractivity contribution is -0.136. The van der Waals surface area contributed by atoms with Gasteiger partial charge in [0.25, 0.3) is 0 Å². The smallest absolute Gasteiger partial charge is 0.222 e. The molecule has 2 aromatic rings. The van der Waals surface area contributed by atoms with Gasteiger partial charge in [0.2, 0.25) is 5.91 Å². The van der Waals surface area contributed by atoms with Crippen LogP contribution >= 0.6 is 0 Å². The molecule has 0 spiro atoms. The van der Waals surface area contributed by atoms with Gasteiger partial charge >= 0.3 is 0 Å². The molecule has 28 heavy (non-hydrogen) atoms. The van der Waals surface area contributed by atoms with E-state index in [9.17, 15) is 9.90 Å². The molecule has 148 valence electrons. The number of hydrogen-bond acceptors (Lipinski definition) is 4. The largest absolute Gasteiger partial charge is 0.395 e. The maximum Gasteiger partial charge on any atom is 0.222 e. The molecule has 2 aliphatic heterocycles. The van der Waals surface area contributed by atoms with Gasteiger partial charge in [-0.25, -0.2) is 0 Å². The first-order valence-electron chi connectivity index (χ1n) is 10.4. The minimum Gasteiger partial charge on any atom is -0.395 e. The van der Waals surface area contributed by atoms with E-state index in [4.69, 9.17) is 0 Å². The standard InChI is InChI=1S/C23H29N3O2/c1-2-22(28)25-12-3-4-13-26-20(15-25)23(21(26)16-27)18-9-7-17(8-10-18)19-6-5-11-24-14-19/h5-11,14,20-21,23,27H,2-4,12-13,15-16H2,1H3/t20-,21-,23-/m1/s1. The number of aliphatic hydroxyl groups is 1. The average Bonchev–Trinajstić information content (AvgIpc) is 2.73. The number of amides is 1. The van der Waals surface area contributed by atoms with Gasteiger partial charge in [-0.05, 0) is 42.1 Å². The summed E-state index contributed by atoms with van der Waals surface area (Å²) in [5.41, 5.74) is 3.50. The van der Waals surface area contributed by atoms with Crippen molar-refractivity contribution in [2.75, 3.05) is 26.2 Å². The van der Waals surface area contributed by atoms with Crippen molar-refractivity contribution in [3.63, 3.8) is 0 Å². The lowest BCUT2D eigenvalue weighted by Gasteiger charge is -2.57. The second-order valence-corrected chi connectivity index (χ2v) is 7.85. The van der Waals surface area contributed by atoms with Gasteiger partial charge in [0.1, 0.15) is 0 Å². The summed E-state index contributed by atoms with van der Waals surface area (Å²) in [6.07, 6.45) is 6.33. The van der Waals surface area contributed by atoms with Crippen LogP contribution in [0.5, 0.6) is 0 Å². The quantitative estimate of drug-likeness (QED) is 0.887. The van der Waals surface area contributed by atoms with Crippen LogP contribution in [0.3, 0.4) is 0 Å². The number of benzene rings is 1. The van der Waals surface area contributed by atoms with E-state index in [1.165, 1.54) is 5.56 Å². The van der Waals surface area contributed by atoms with Crippen molar-refractivity contribution < 1.29 is 9.90 Å². The zero-order chi connectivity index (χ0) is 19.5. The second-order valence-electron chi connectivity index (χ2n) is 7.85. The van der Waals surface area contributed by atoms with E-state index in [-0.39, 0.29) is 30.5 Å². The number of carbonyl (C=O) groups is 1. The molecule has 1 aromatic carbocycles. The van der Waals surface area contributed by atoms with Crippen LogP contribution in [0.15, 0.2) is 48.8 Å². The third-order valence-corrected chi connectivity index (χ3v) is 6.32. The summed E-state index contributed by atoms with van der Waals surface area (Å²) in [5, 5.41) is 10.0. The monoisotopic (exact) mass is 379 g/mol. The van der Waals surface area contributed by atoms with Gasteiger partial charge in [-0.3, -0.25) is 14.7 Å². The first kappa shape index (κ1) is 19.1. The molecule has 5 nitrogen and oxygen atoms in total. The van der Waals surface area contributed by atoms with Crippen LogP contribution in [0.2, 0.25) is 0 Å². The topological polar surface area (TPSA) is 56.7 Å². The Labute approximate surface area is 167 Å². The van der Waals surface area contributed by atoms with Crippen LogP contribution in [0.25, 0.3) is 11.1 Å². The molecule has 0 aliphatic carbocycles. The minimum absolute atomic E-state index is 0.144. The third kappa shape index (κ3) is 3.56. The maximum atomic E-state index is 12.4. The first-order valence-corrected chi connectivity index (χ1v) is 10.4. The van der Waals surface area contributed by atoms with Crippen molar-refractivity contribution in [3.05, 3.63) is 54.4 Å². The molecule has 2 aliphatic rings. The number of nitrogens with zero attached hydrogens (tertiary/aromatic N) is 3.